The van der Waals surface area contributed by atoms with Gasteiger partial charge in [0.25, 0.3) is 0 Å². The highest BCUT2D eigenvalue weighted by molar-refractivity contribution is 5.79. The minimum atomic E-state index is -0.584. The molecular weight excluding hydrogens is 312 g/mol. The number of carbonyl (C=O) groups is 1. The van der Waals surface area contributed by atoms with Gasteiger partial charge in [0, 0.05) is 13.0 Å². The Morgan fingerprint density at radius 3 is 2.52 bits per heavy atom. The van der Waals surface area contributed by atoms with Gasteiger partial charge in [-0.1, -0.05) is 6.92 Å². The fourth-order valence-corrected chi connectivity index (χ4v) is 8.03. The highest BCUT2D eigenvalue weighted by Crippen LogP contribution is 2.64. The number of ether oxygens (including phenoxy) is 1. The van der Waals surface area contributed by atoms with E-state index in [2.05, 4.69) is 6.92 Å². The molecule has 25 heavy (non-hydrogen) atoms. The summed E-state index contributed by atoms with van der Waals surface area (Å²) in [4.78, 5) is 12.2. The summed E-state index contributed by atoms with van der Waals surface area (Å²) in [5, 5.41) is 10.8. The van der Waals surface area contributed by atoms with Crippen molar-refractivity contribution in [2.24, 2.45) is 40.9 Å². The summed E-state index contributed by atoms with van der Waals surface area (Å²) in [5.74, 6) is 4.67. The topological polar surface area (TPSA) is 46.5 Å². The summed E-state index contributed by atoms with van der Waals surface area (Å²) in [6.45, 7) is 4.74. The molecule has 0 spiro atoms. The number of rotatable bonds is 3. The SMILES string of the molecule is COC[C@]1(O)CC[C@H]2[C@@H](CC[C@@H]3[C@@H]2CC[C@]2(C)[C@@H](C(C)=O)CC[C@@H]32)C1. The van der Waals surface area contributed by atoms with Crippen molar-refractivity contribution in [3.8, 4) is 0 Å². The van der Waals surface area contributed by atoms with E-state index < -0.39 is 5.60 Å². The van der Waals surface area contributed by atoms with Crippen molar-refractivity contribution in [2.75, 3.05) is 13.7 Å². The van der Waals surface area contributed by atoms with E-state index in [1.54, 1.807) is 7.11 Å². The number of fused-ring (bicyclic) bond motifs is 5. The number of Topliss-reactive ketones (excluding diaryl/α,β-unsaturated/α-hetero) is 1. The molecule has 0 amide bonds. The van der Waals surface area contributed by atoms with Gasteiger partial charge < -0.3 is 9.84 Å². The Labute approximate surface area is 152 Å². The molecule has 8 atom stereocenters. The van der Waals surface area contributed by atoms with Crippen LogP contribution in [0.15, 0.2) is 0 Å². The van der Waals surface area contributed by atoms with Crippen LogP contribution >= 0.6 is 0 Å². The second-order valence-corrected chi connectivity index (χ2v) is 10.1. The monoisotopic (exact) mass is 348 g/mol. The zero-order chi connectivity index (χ0) is 17.8. The van der Waals surface area contributed by atoms with Gasteiger partial charge in [-0.05, 0) is 99.7 Å². The Hall–Kier alpha value is -0.410. The number of hydrogen-bond acceptors (Lipinski definition) is 3. The van der Waals surface area contributed by atoms with Crippen molar-refractivity contribution in [1.29, 1.82) is 0 Å². The van der Waals surface area contributed by atoms with Crippen LogP contribution in [0.1, 0.15) is 71.6 Å². The van der Waals surface area contributed by atoms with Crippen molar-refractivity contribution in [2.45, 2.75) is 77.2 Å². The maximum Gasteiger partial charge on any atom is 0.133 e. The standard InChI is InChI=1S/C22H36O3/c1-14(23)19-6-7-20-18-5-4-15-12-22(24,13-25-3)11-9-16(15)17(18)8-10-21(19,20)2/h15-20,24H,4-13H2,1-3H3/t15-,16-,17+,18+,19+,20-,21+,22-/m0/s1. The molecule has 142 valence electrons. The van der Waals surface area contributed by atoms with Crippen LogP contribution in [0.4, 0.5) is 0 Å². The Kier molecular flexibility index (Phi) is 4.56. The first-order valence-corrected chi connectivity index (χ1v) is 10.6. The molecule has 3 heteroatoms. The summed E-state index contributed by atoms with van der Waals surface area (Å²) in [5.41, 5.74) is -0.315. The third-order valence-electron chi connectivity index (χ3n) is 9.01. The molecule has 3 nitrogen and oxygen atoms in total. The molecule has 0 bridgehead atoms. The first kappa shape index (κ1) is 18.0. The number of hydrogen-bond donors (Lipinski definition) is 1. The average molecular weight is 349 g/mol. The number of methoxy groups -OCH3 is 1. The van der Waals surface area contributed by atoms with Gasteiger partial charge in [0.15, 0.2) is 0 Å². The van der Waals surface area contributed by atoms with Crippen LogP contribution in [0.2, 0.25) is 0 Å². The fraction of sp³-hybridized carbons (Fsp3) is 0.955. The molecular formula is C22H36O3. The molecule has 0 aromatic heterocycles. The molecule has 1 N–H and O–H groups in total. The molecule has 4 saturated carbocycles. The molecule has 0 saturated heterocycles. The van der Waals surface area contributed by atoms with E-state index in [1.807, 2.05) is 6.92 Å². The highest BCUT2D eigenvalue weighted by atomic mass is 16.5. The van der Waals surface area contributed by atoms with E-state index in [4.69, 9.17) is 4.74 Å². The van der Waals surface area contributed by atoms with Crippen LogP contribution in [0, 0.1) is 40.9 Å². The van der Waals surface area contributed by atoms with Gasteiger partial charge in [0.05, 0.1) is 12.2 Å². The predicted molar refractivity (Wildman–Crippen MR) is 98.1 cm³/mol. The van der Waals surface area contributed by atoms with E-state index in [9.17, 15) is 9.90 Å². The zero-order valence-electron chi connectivity index (χ0n) is 16.3. The normalized spacial score (nSPS) is 52.2. The molecule has 0 aliphatic heterocycles. The van der Waals surface area contributed by atoms with Crippen LogP contribution < -0.4 is 0 Å². The lowest BCUT2D eigenvalue weighted by Crippen LogP contribution is -2.52. The average Bonchev–Trinajstić information content (AvgIpc) is 2.91. The first-order valence-electron chi connectivity index (χ1n) is 10.6. The molecule has 0 radical (unpaired) electrons. The Morgan fingerprint density at radius 1 is 1.04 bits per heavy atom. The van der Waals surface area contributed by atoms with Crippen molar-refractivity contribution >= 4 is 5.78 Å². The van der Waals surface area contributed by atoms with E-state index in [-0.39, 0.29) is 5.41 Å². The number of ketones is 1. The lowest BCUT2D eigenvalue weighted by Gasteiger charge is -2.57. The van der Waals surface area contributed by atoms with E-state index >= 15 is 0 Å². The number of carbonyl (C=O) groups excluding carboxylic acids is 1. The molecule has 0 heterocycles. The van der Waals surface area contributed by atoms with E-state index in [0.717, 1.165) is 42.9 Å². The van der Waals surface area contributed by atoms with Gasteiger partial charge in [-0.15, -0.1) is 0 Å². The molecule has 0 aromatic carbocycles. The summed E-state index contributed by atoms with van der Waals surface area (Å²) < 4.78 is 5.29. The summed E-state index contributed by atoms with van der Waals surface area (Å²) in [7, 11) is 1.70. The lowest BCUT2D eigenvalue weighted by atomic mass is 9.49. The Balaban J connectivity index is 1.51. The van der Waals surface area contributed by atoms with Crippen molar-refractivity contribution in [3.63, 3.8) is 0 Å². The van der Waals surface area contributed by atoms with Crippen LogP contribution in [-0.2, 0) is 9.53 Å². The molecule has 0 unspecified atom stereocenters. The third kappa shape index (κ3) is 2.81. The fourth-order valence-electron chi connectivity index (χ4n) is 8.03. The minimum Gasteiger partial charge on any atom is -0.387 e. The van der Waals surface area contributed by atoms with Gasteiger partial charge in [-0.2, -0.15) is 0 Å². The van der Waals surface area contributed by atoms with Gasteiger partial charge in [0.2, 0.25) is 0 Å². The van der Waals surface area contributed by atoms with Gasteiger partial charge >= 0.3 is 0 Å². The largest absolute Gasteiger partial charge is 0.387 e. The van der Waals surface area contributed by atoms with Gasteiger partial charge in [-0.3, -0.25) is 4.79 Å². The maximum atomic E-state index is 12.2. The smallest absolute Gasteiger partial charge is 0.133 e. The molecule has 4 aliphatic rings. The molecule has 4 fully saturated rings. The third-order valence-corrected chi connectivity index (χ3v) is 9.01. The molecule has 4 aliphatic carbocycles. The van der Waals surface area contributed by atoms with Crippen molar-refractivity contribution in [1.82, 2.24) is 0 Å². The minimum absolute atomic E-state index is 0.269. The molecule has 0 aromatic rings. The summed E-state index contributed by atoms with van der Waals surface area (Å²) >= 11 is 0. The Bertz CT molecular complexity index is 531. The van der Waals surface area contributed by atoms with Crippen LogP contribution in [0.25, 0.3) is 0 Å². The van der Waals surface area contributed by atoms with E-state index in [0.29, 0.717) is 24.2 Å². The van der Waals surface area contributed by atoms with Crippen LogP contribution in [-0.4, -0.2) is 30.2 Å². The first-order chi connectivity index (χ1) is 11.9. The van der Waals surface area contributed by atoms with Crippen LogP contribution in [0.3, 0.4) is 0 Å². The Morgan fingerprint density at radius 2 is 1.80 bits per heavy atom. The summed E-state index contributed by atoms with van der Waals surface area (Å²) in [6, 6.07) is 0. The van der Waals surface area contributed by atoms with Crippen molar-refractivity contribution < 1.29 is 14.6 Å². The second kappa shape index (κ2) is 6.34. The van der Waals surface area contributed by atoms with Crippen molar-refractivity contribution in [3.05, 3.63) is 0 Å². The van der Waals surface area contributed by atoms with Crippen LogP contribution in [0.5, 0.6) is 0 Å². The quantitative estimate of drug-likeness (QED) is 0.830. The van der Waals surface area contributed by atoms with Gasteiger partial charge in [0.1, 0.15) is 5.78 Å². The number of aliphatic hydroxyl groups is 1. The zero-order valence-corrected chi connectivity index (χ0v) is 16.3. The van der Waals surface area contributed by atoms with Gasteiger partial charge in [-0.25, -0.2) is 0 Å². The second-order valence-electron chi connectivity index (χ2n) is 10.1. The van der Waals surface area contributed by atoms with E-state index in [1.165, 1.54) is 38.5 Å². The highest BCUT2D eigenvalue weighted by Gasteiger charge is 2.58. The lowest BCUT2D eigenvalue weighted by molar-refractivity contribution is -0.134. The summed E-state index contributed by atoms with van der Waals surface area (Å²) in [6.07, 6.45) is 10.6. The predicted octanol–water partition coefficient (Wildman–Crippen LogP) is 4.22. The molecule has 4 rings (SSSR count). The maximum absolute atomic E-state index is 12.2.